The number of hydrogen-bond donors (Lipinski definition) is 0. The van der Waals surface area contributed by atoms with Gasteiger partial charge in [-0.05, 0) is 69.2 Å². The Morgan fingerprint density at radius 2 is 2.00 bits per heavy atom. The summed E-state index contributed by atoms with van der Waals surface area (Å²) in [6.45, 7) is 7.80. The van der Waals surface area contributed by atoms with Crippen molar-refractivity contribution in [2.24, 2.45) is 5.92 Å². The van der Waals surface area contributed by atoms with Gasteiger partial charge in [0, 0.05) is 13.0 Å². The summed E-state index contributed by atoms with van der Waals surface area (Å²) >= 11 is 0. The molecule has 0 radical (unpaired) electrons. The first-order valence-corrected chi connectivity index (χ1v) is 10.8. The van der Waals surface area contributed by atoms with E-state index in [9.17, 15) is 14.0 Å². The first-order chi connectivity index (χ1) is 14.1. The van der Waals surface area contributed by atoms with E-state index in [-0.39, 0.29) is 24.4 Å². The van der Waals surface area contributed by atoms with Gasteiger partial charge in [0.2, 0.25) is 0 Å². The Morgan fingerprint density at radius 1 is 1.23 bits per heavy atom. The van der Waals surface area contributed by atoms with Crippen molar-refractivity contribution in [3.8, 4) is 0 Å². The van der Waals surface area contributed by atoms with E-state index in [1.165, 1.54) is 17.0 Å². The number of nitrogens with zero attached hydrogens (tertiary/aromatic N) is 1. The molecule has 0 spiro atoms. The molecule has 1 aliphatic carbocycles. The number of carbonyl (C=O) groups excluding carboxylic acids is 2. The molecule has 2 aliphatic rings. The average Bonchev–Trinajstić information content (AvgIpc) is 3.04. The van der Waals surface area contributed by atoms with Crippen LogP contribution in [0.25, 0.3) is 6.08 Å². The summed E-state index contributed by atoms with van der Waals surface area (Å²) in [6.07, 6.45) is 5.47. The zero-order chi connectivity index (χ0) is 21.9. The molecule has 1 saturated carbocycles. The van der Waals surface area contributed by atoms with E-state index in [2.05, 4.69) is 6.92 Å². The fraction of sp³-hybridized carbons (Fsp3) is 0.583. The van der Waals surface area contributed by atoms with Crippen molar-refractivity contribution in [2.45, 2.75) is 77.5 Å². The SMILES string of the molecule is CC1CCCC(OC(=O)C2C/C(=C\c3cccc(F)c3)CN2C(=O)OC(C)(C)C)C1. The molecule has 0 N–H and O–H groups in total. The molecule has 30 heavy (non-hydrogen) atoms. The van der Waals surface area contributed by atoms with Crippen molar-refractivity contribution in [1.29, 1.82) is 0 Å². The zero-order valence-corrected chi connectivity index (χ0v) is 18.3. The maximum Gasteiger partial charge on any atom is 0.411 e. The number of halogens is 1. The van der Waals surface area contributed by atoms with Gasteiger partial charge in [-0.15, -0.1) is 0 Å². The molecule has 3 unspecified atom stereocenters. The highest BCUT2D eigenvalue weighted by molar-refractivity contribution is 5.84. The first-order valence-electron chi connectivity index (χ1n) is 10.8. The van der Waals surface area contributed by atoms with Gasteiger partial charge in [0.1, 0.15) is 23.6 Å². The van der Waals surface area contributed by atoms with Crippen LogP contribution < -0.4 is 0 Å². The van der Waals surface area contributed by atoms with Crippen LogP contribution in [0, 0.1) is 11.7 Å². The van der Waals surface area contributed by atoms with Gasteiger partial charge in [0.15, 0.2) is 0 Å². The van der Waals surface area contributed by atoms with Crippen molar-refractivity contribution in [1.82, 2.24) is 4.90 Å². The van der Waals surface area contributed by atoms with E-state index in [4.69, 9.17) is 9.47 Å². The highest BCUT2D eigenvalue weighted by Gasteiger charge is 2.41. The van der Waals surface area contributed by atoms with Crippen LogP contribution in [-0.4, -0.2) is 41.3 Å². The van der Waals surface area contributed by atoms with Crippen molar-refractivity contribution in [3.05, 3.63) is 41.2 Å². The van der Waals surface area contributed by atoms with Gasteiger partial charge in [-0.1, -0.05) is 31.6 Å². The average molecular weight is 418 g/mol. The number of carbonyl (C=O) groups is 2. The topological polar surface area (TPSA) is 55.8 Å². The molecule has 1 aromatic carbocycles. The standard InChI is InChI=1S/C24H32FNO4/c1-16-7-5-10-20(11-16)29-22(27)21-14-18(12-17-8-6-9-19(25)13-17)15-26(21)23(28)30-24(2,3)4/h6,8-9,12-13,16,20-21H,5,7,10-11,14-15H2,1-4H3/b18-12+. The van der Waals surface area contributed by atoms with Crippen LogP contribution in [0.5, 0.6) is 0 Å². The number of rotatable bonds is 3. The number of esters is 1. The minimum atomic E-state index is -0.725. The van der Waals surface area contributed by atoms with E-state index in [0.29, 0.717) is 17.9 Å². The third kappa shape index (κ3) is 6.07. The second-order valence-electron chi connectivity index (χ2n) is 9.52. The predicted molar refractivity (Wildman–Crippen MR) is 113 cm³/mol. The Bertz CT molecular complexity index is 814. The number of ether oxygens (including phenoxy) is 2. The lowest BCUT2D eigenvalue weighted by Gasteiger charge is -2.30. The molecule has 1 saturated heterocycles. The molecule has 0 aromatic heterocycles. The third-order valence-corrected chi connectivity index (χ3v) is 5.50. The van der Waals surface area contributed by atoms with Gasteiger partial charge in [-0.25, -0.2) is 14.0 Å². The molecule has 2 fully saturated rings. The minimum absolute atomic E-state index is 0.0991. The van der Waals surface area contributed by atoms with E-state index in [0.717, 1.165) is 31.3 Å². The van der Waals surface area contributed by atoms with Gasteiger partial charge in [0.25, 0.3) is 0 Å². The van der Waals surface area contributed by atoms with E-state index < -0.39 is 17.7 Å². The molecular weight excluding hydrogens is 385 g/mol. The van der Waals surface area contributed by atoms with Crippen LogP contribution >= 0.6 is 0 Å². The fourth-order valence-corrected chi connectivity index (χ4v) is 4.14. The molecule has 1 heterocycles. The van der Waals surface area contributed by atoms with Crippen LogP contribution in [0.3, 0.4) is 0 Å². The summed E-state index contributed by atoms with van der Waals surface area (Å²) in [5.41, 5.74) is 0.897. The summed E-state index contributed by atoms with van der Waals surface area (Å²) in [5, 5.41) is 0. The smallest absolute Gasteiger partial charge is 0.411 e. The number of amides is 1. The van der Waals surface area contributed by atoms with E-state index >= 15 is 0 Å². The molecule has 1 aliphatic heterocycles. The van der Waals surface area contributed by atoms with Crippen molar-refractivity contribution >= 4 is 18.1 Å². The number of benzene rings is 1. The summed E-state index contributed by atoms with van der Waals surface area (Å²) in [7, 11) is 0. The lowest BCUT2D eigenvalue weighted by atomic mass is 9.89. The zero-order valence-electron chi connectivity index (χ0n) is 18.3. The maximum absolute atomic E-state index is 13.5. The Hall–Kier alpha value is -2.37. The lowest BCUT2D eigenvalue weighted by molar-refractivity contribution is -0.156. The molecule has 6 heteroatoms. The molecule has 3 atom stereocenters. The van der Waals surface area contributed by atoms with Gasteiger partial charge in [0.05, 0.1) is 0 Å². The second-order valence-corrected chi connectivity index (χ2v) is 9.52. The van der Waals surface area contributed by atoms with Gasteiger partial charge < -0.3 is 9.47 Å². The van der Waals surface area contributed by atoms with Crippen molar-refractivity contribution < 1.29 is 23.5 Å². The second kappa shape index (κ2) is 9.19. The number of likely N-dealkylation sites (tertiary alicyclic amines) is 1. The lowest BCUT2D eigenvalue weighted by Crippen LogP contribution is -2.45. The Kier molecular flexibility index (Phi) is 6.84. The van der Waals surface area contributed by atoms with Gasteiger partial charge in [-0.2, -0.15) is 0 Å². The normalized spacial score (nSPS) is 26.0. The number of hydrogen-bond acceptors (Lipinski definition) is 4. The molecule has 0 bridgehead atoms. The highest BCUT2D eigenvalue weighted by atomic mass is 19.1. The minimum Gasteiger partial charge on any atom is -0.461 e. The summed E-state index contributed by atoms with van der Waals surface area (Å²) in [4.78, 5) is 27.2. The van der Waals surface area contributed by atoms with E-state index in [1.807, 2.05) is 6.08 Å². The summed E-state index contributed by atoms with van der Waals surface area (Å²) in [6, 6.07) is 5.52. The van der Waals surface area contributed by atoms with Crippen LogP contribution in [-0.2, 0) is 14.3 Å². The molecule has 164 valence electrons. The van der Waals surface area contributed by atoms with Crippen LogP contribution in [0.2, 0.25) is 0 Å². The van der Waals surface area contributed by atoms with Gasteiger partial charge in [-0.3, -0.25) is 4.90 Å². The highest BCUT2D eigenvalue weighted by Crippen LogP contribution is 2.30. The summed E-state index contributed by atoms with van der Waals surface area (Å²) in [5.74, 6) is -0.179. The molecular formula is C24H32FNO4. The largest absolute Gasteiger partial charge is 0.461 e. The Balaban J connectivity index is 1.77. The van der Waals surface area contributed by atoms with Crippen molar-refractivity contribution in [3.63, 3.8) is 0 Å². The molecule has 3 rings (SSSR count). The summed E-state index contributed by atoms with van der Waals surface area (Å²) < 4.78 is 24.9. The van der Waals surface area contributed by atoms with Crippen LogP contribution in [0.1, 0.15) is 65.4 Å². The first kappa shape index (κ1) is 22.3. The molecule has 5 nitrogen and oxygen atoms in total. The monoisotopic (exact) mass is 417 g/mol. The van der Waals surface area contributed by atoms with Crippen LogP contribution in [0.15, 0.2) is 29.8 Å². The predicted octanol–water partition coefficient (Wildman–Crippen LogP) is 5.34. The molecule has 1 aromatic rings. The quantitative estimate of drug-likeness (QED) is 0.623. The Labute approximate surface area is 178 Å². The Morgan fingerprint density at radius 3 is 2.67 bits per heavy atom. The molecule has 1 amide bonds. The van der Waals surface area contributed by atoms with Gasteiger partial charge >= 0.3 is 12.1 Å². The third-order valence-electron chi connectivity index (χ3n) is 5.50. The van der Waals surface area contributed by atoms with Crippen molar-refractivity contribution in [2.75, 3.05) is 6.54 Å². The fourth-order valence-electron chi connectivity index (χ4n) is 4.14. The van der Waals surface area contributed by atoms with E-state index in [1.54, 1.807) is 32.9 Å². The maximum atomic E-state index is 13.5. The van der Waals surface area contributed by atoms with Crippen LogP contribution in [0.4, 0.5) is 9.18 Å².